The third-order valence-corrected chi connectivity index (χ3v) is 2.60. The molecule has 1 rings (SSSR count). The minimum atomic E-state index is -4.83. The number of alkyl halides is 3. The Morgan fingerprint density at radius 1 is 1.41 bits per heavy atom. The van der Waals surface area contributed by atoms with E-state index in [2.05, 4.69) is 0 Å². The average molecular weight is 255 g/mol. The van der Waals surface area contributed by atoms with Crippen molar-refractivity contribution in [3.63, 3.8) is 0 Å². The number of carbonyl (C=O) groups is 1. The van der Waals surface area contributed by atoms with Gasteiger partial charge in [-0.15, -0.1) is 0 Å². The van der Waals surface area contributed by atoms with Crippen LogP contribution in [-0.2, 0) is 9.53 Å². The zero-order chi connectivity index (χ0) is 12.9. The minimum Gasteiger partial charge on any atom is -0.394 e. The lowest BCUT2D eigenvalue weighted by atomic mass is 10.2. The van der Waals surface area contributed by atoms with E-state index in [0.717, 1.165) is 11.3 Å². The van der Waals surface area contributed by atoms with E-state index in [1.54, 1.807) is 0 Å². The molecule has 1 atom stereocenters. The standard InChI is InChI=1S/C10H16F3NO3/c11-10(12,13)9(16)14-4-2-1-3-8(7-14)17-6-5-15/h8,15H,1-7H2. The molecule has 0 aliphatic carbocycles. The van der Waals surface area contributed by atoms with Gasteiger partial charge in [0.2, 0.25) is 0 Å². The largest absolute Gasteiger partial charge is 0.471 e. The molecule has 1 aliphatic heterocycles. The zero-order valence-electron chi connectivity index (χ0n) is 9.37. The van der Waals surface area contributed by atoms with Gasteiger partial charge in [-0.2, -0.15) is 13.2 Å². The molecule has 0 spiro atoms. The summed E-state index contributed by atoms with van der Waals surface area (Å²) in [4.78, 5) is 11.9. The summed E-state index contributed by atoms with van der Waals surface area (Å²) < 4.78 is 42.0. The summed E-state index contributed by atoms with van der Waals surface area (Å²) in [6, 6.07) is 0. The second-order valence-electron chi connectivity index (χ2n) is 3.96. The summed E-state index contributed by atoms with van der Waals surface area (Å²) in [7, 11) is 0. The van der Waals surface area contributed by atoms with Gasteiger partial charge < -0.3 is 14.7 Å². The molecule has 100 valence electrons. The first kappa shape index (κ1) is 14.2. The highest BCUT2D eigenvalue weighted by Gasteiger charge is 2.43. The minimum absolute atomic E-state index is 0.0572. The van der Waals surface area contributed by atoms with Gasteiger partial charge in [0.25, 0.3) is 0 Å². The van der Waals surface area contributed by atoms with E-state index >= 15 is 0 Å². The number of halogens is 3. The number of ether oxygens (including phenoxy) is 1. The topological polar surface area (TPSA) is 49.8 Å². The Hall–Kier alpha value is -0.820. The van der Waals surface area contributed by atoms with E-state index < -0.39 is 18.2 Å². The van der Waals surface area contributed by atoms with Crippen molar-refractivity contribution in [2.24, 2.45) is 0 Å². The van der Waals surface area contributed by atoms with Crippen molar-refractivity contribution < 1.29 is 27.8 Å². The van der Waals surface area contributed by atoms with Crippen LogP contribution in [0.3, 0.4) is 0 Å². The first-order valence-corrected chi connectivity index (χ1v) is 5.53. The molecular weight excluding hydrogens is 239 g/mol. The van der Waals surface area contributed by atoms with Crippen molar-refractivity contribution in [2.45, 2.75) is 31.5 Å². The molecule has 1 heterocycles. The molecule has 0 bridgehead atoms. The number of aliphatic hydroxyl groups excluding tert-OH is 1. The maximum Gasteiger partial charge on any atom is 0.471 e. The molecule has 0 aromatic carbocycles. The molecule has 1 fully saturated rings. The normalized spacial score (nSPS) is 22.4. The fourth-order valence-electron chi connectivity index (χ4n) is 1.82. The summed E-state index contributed by atoms with van der Waals surface area (Å²) in [5, 5.41) is 8.59. The number of nitrogens with zero attached hydrogens (tertiary/aromatic N) is 1. The van der Waals surface area contributed by atoms with E-state index in [0.29, 0.717) is 12.8 Å². The second-order valence-corrected chi connectivity index (χ2v) is 3.96. The zero-order valence-corrected chi connectivity index (χ0v) is 9.37. The SMILES string of the molecule is O=C(N1CCCCC(OCCO)C1)C(F)(F)F. The van der Waals surface area contributed by atoms with Crippen LogP contribution in [0.15, 0.2) is 0 Å². The molecule has 4 nitrogen and oxygen atoms in total. The Morgan fingerprint density at radius 2 is 2.12 bits per heavy atom. The number of carbonyl (C=O) groups excluding carboxylic acids is 1. The summed E-state index contributed by atoms with van der Waals surface area (Å²) in [6.07, 6.45) is -3.37. The van der Waals surface area contributed by atoms with E-state index in [4.69, 9.17) is 9.84 Å². The van der Waals surface area contributed by atoms with E-state index in [9.17, 15) is 18.0 Å². The lowest BCUT2D eigenvalue weighted by Crippen LogP contribution is -2.44. The van der Waals surface area contributed by atoms with Crippen LogP contribution in [0.5, 0.6) is 0 Å². The van der Waals surface area contributed by atoms with Crippen molar-refractivity contribution in [3.8, 4) is 0 Å². The van der Waals surface area contributed by atoms with E-state index in [1.165, 1.54) is 0 Å². The van der Waals surface area contributed by atoms with Gasteiger partial charge in [-0.1, -0.05) is 0 Å². The number of aliphatic hydroxyl groups is 1. The molecule has 0 saturated carbocycles. The smallest absolute Gasteiger partial charge is 0.394 e. The molecule has 1 amide bonds. The van der Waals surface area contributed by atoms with Gasteiger partial charge in [0.15, 0.2) is 0 Å². The highest BCUT2D eigenvalue weighted by Crippen LogP contribution is 2.22. The predicted octanol–water partition coefficient (Wildman–Crippen LogP) is 0.939. The fraction of sp³-hybridized carbons (Fsp3) is 0.900. The summed E-state index contributed by atoms with van der Waals surface area (Å²) in [6.45, 7) is -0.0435. The van der Waals surface area contributed by atoms with Crippen LogP contribution in [0.2, 0.25) is 0 Å². The Morgan fingerprint density at radius 3 is 2.71 bits per heavy atom. The maximum absolute atomic E-state index is 12.3. The Balaban J connectivity index is 2.56. The maximum atomic E-state index is 12.3. The van der Waals surface area contributed by atoms with Crippen LogP contribution in [0.25, 0.3) is 0 Å². The fourth-order valence-corrected chi connectivity index (χ4v) is 1.82. The first-order valence-electron chi connectivity index (χ1n) is 5.53. The first-order chi connectivity index (χ1) is 7.95. The van der Waals surface area contributed by atoms with Gasteiger partial charge in [0.1, 0.15) is 0 Å². The molecule has 0 aromatic heterocycles. The number of hydrogen-bond donors (Lipinski definition) is 1. The molecule has 1 saturated heterocycles. The summed E-state index contributed by atoms with van der Waals surface area (Å²) in [5.74, 6) is -1.81. The van der Waals surface area contributed by atoms with Gasteiger partial charge in [0.05, 0.1) is 19.3 Å². The Kier molecular flexibility index (Phi) is 5.20. The quantitative estimate of drug-likeness (QED) is 0.816. The van der Waals surface area contributed by atoms with Crippen molar-refractivity contribution >= 4 is 5.91 Å². The van der Waals surface area contributed by atoms with Gasteiger partial charge in [0, 0.05) is 13.1 Å². The molecule has 1 aliphatic rings. The summed E-state index contributed by atoms with van der Waals surface area (Å²) >= 11 is 0. The third kappa shape index (κ3) is 4.51. The molecule has 0 aromatic rings. The van der Waals surface area contributed by atoms with E-state index in [1.807, 2.05) is 0 Å². The number of hydrogen-bond acceptors (Lipinski definition) is 3. The van der Waals surface area contributed by atoms with Gasteiger partial charge in [-0.25, -0.2) is 0 Å². The Bertz CT molecular complexity index is 258. The van der Waals surface area contributed by atoms with Crippen LogP contribution in [0, 0.1) is 0 Å². The van der Waals surface area contributed by atoms with Crippen LogP contribution < -0.4 is 0 Å². The molecule has 1 unspecified atom stereocenters. The monoisotopic (exact) mass is 255 g/mol. The molecular formula is C10H16F3NO3. The number of likely N-dealkylation sites (tertiary alicyclic amines) is 1. The van der Waals surface area contributed by atoms with Crippen molar-refractivity contribution in [2.75, 3.05) is 26.3 Å². The van der Waals surface area contributed by atoms with Crippen LogP contribution in [0.4, 0.5) is 13.2 Å². The van der Waals surface area contributed by atoms with Crippen LogP contribution >= 0.6 is 0 Å². The van der Waals surface area contributed by atoms with Gasteiger partial charge in [-0.05, 0) is 19.3 Å². The third-order valence-electron chi connectivity index (χ3n) is 2.60. The van der Waals surface area contributed by atoms with Crippen molar-refractivity contribution in [1.29, 1.82) is 0 Å². The second kappa shape index (κ2) is 6.20. The van der Waals surface area contributed by atoms with Crippen molar-refractivity contribution in [1.82, 2.24) is 4.90 Å². The predicted molar refractivity (Wildman–Crippen MR) is 53.3 cm³/mol. The average Bonchev–Trinajstić information content (AvgIpc) is 2.49. The molecule has 17 heavy (non-hydrogen) atoms. The lowest BCUT2D eigenvalue weighted by Gasteiger charge is -2.25. The Labute approximate surface area is 97.3 Å². The molecule has 1 N–H and O–H groups in total. The molecule has 0 radical (unpaired) electrons. The number of amides is 1. The highest BCUT2D eigenvalue weighted by atomic mass is 19.4. The van der Waals surface area contributed by atoms with Crippen LogP contribution in [0.1, 0.15) is 19.3 Å². The highest BCUT2D eigenvalue weighted by molar-refractivity contribution is 5.81. The summed E-state index contributed by atoms with van der Waals surface area (Å²) in [5.41, 5.74) is 0. The van der Waals surface area contributed by atoms with Crippen LogP contribution in [-0.4, -0.2) is 54.5 Å². The van der Waals surface area contributed by atoms with Crippen molar-refractivity contribution in [3.05, 3.63) is 0 Å². The van der Waals surface area contributed by atoms with E-state index in [-0.39, 0.29) is 26.3 Å². The van der Waals surface area contributed by atoms with Gasteiger partial charge in [-0.3, -0.25) is 4.79 Å². The molecule has 7 heteroatoms. The number of rotatable bonds is 3. The van der Waals surface area contributed by atoms with Gasteiger partial charge >= 0.3 is 12.1 Å². The lowest BCUT2D eigenvalue weighted by molar-refractivity contribution is -0.186.